The number of hydrogen-bond acceptors (Lipinski definition) is 6. The Kier molecular flexibility index (Phi) is 5.41. The lowest BCUT2D eigenvalue weighted by molar-refractivity contribution is -0.159. The minimum Gasteiger partial charge on any atom is -0.463 e. The number of halogens is 1. The van der Waals surface area contributed by atoms with Crippen molar-refractivity contribution >= 4 is 27.6 Å². The lowest BCUT2D eigenvalue weighted by atomic mass is 10.1. The molecule has 1 heterocycles. The molecule has 0 bridgehead atoms. The van der Waals surface area contributed by atoms with Crippen LogP contribution in [0.1, 0.15) is 12.0 Å². The normalized spacial score (nSPS) is 16.6. The van der Waals surface area contributed by atoms with Crippen molar-refractivity contribution < 1.29 is 31.9 Å². The fourth-order valence-electron chi connectivity index (χ4n) is 2.47. The SMILES string of the molecule is O=C(Cc1ccc(NS(=O)(=O)c2ccc(F)cc2)cc1)O[C@H]1CCOC1=O. The van der Waals surface area contributed by atoms with Crippen LogP contribution in [0.3, 0.4) is 0 Å². The van der Waals surface area contributed by atoms with Crippen LogP contribution in [0, 0.1) is 5.82 Å². The Morgan fingerprint density at radius 1 is 1.15 bits per heavy atom. The first-order valence-electron chi connectivity index (χ1n) is 8.07. The van der Waals surface area contributed by atoms with Crippen LogP contribution in [-0.2, 0) is 35.5 Å². The van der Waals surface area contributed by atoms with Crippen molar-refractivity contribution in [3.8, 4) is 0 Å². The fourth-order valence-corrected chi connectivity index (χ4v) is 3.53. The zero-order chi connectivity index (χ0) is 19.4. The van der Waals surface area contributed by atoms with Gasteiger partial charge in [0.25, 0.3) is 10.0 Å². The second kappa shape index (κ2) is 7.75. The molecule has 0 aromatic heterocycles. The van der Waals surface area contributed by atoms with Crippen molar-refractivity contribution in [2.45, 2.75) is 23.8 Å². The molecule has 1 N–H and O–H groups in total. The first-order chi connectivity index (χ1) is 12.8. The van der Waals surface area contributed by atoms with Crippen LogP contribution in [0.25, 0.3) is 0 Å². The number of esters is 2. The molecule has 1 aliphatic rings. The molecule has 142 valence electrons. The molecule has 3 rings (SSSR count). The number of sulfonamides is 1. The highest BCUT2D eigenvalue weighted by Crippen LogP contribution is 2.18. The first-order valence-corrected chi connectivity index (χ1v) is 9.55. The van der Waals surface area contributed by atoms with E-state index in [0.29, 0.717) is 12.0 Å². The van der Waals surface area contributed by atoms with Crippen molar-refractivity contribution in [2.24, 2.45) is 0 Å². The van der Waals surface area contributed by atoms with Gasteiger partial charge in [0, 0.05) is 12.1 Å². The first kappa shape index (κ1) is 18.8. The van der Waals surface area contributed by atoms with Gasteiger partial charge >= 0.3 is 11.9 Å². The molecule has 0 radical (unpaired) electrons. The van der Waals surface area contributed by atoms with E-state index in [1.807, 2.05) is 0 Å². The second-order valence-corrected chi connectivity index (χ2v) is 7.55. The van der Waals surface area contributed by atoms with E-state index >= 15 is 0 Å². The molecule has 7 nitrogen and oxygen atoms in total. The van der Waals surface area contributed by atoms with Crippen molar-refractivity contribution in [2.75, 3.05) is 11.3 Å². The molecule has 1 atom stereocenters. The summed E-state index contributed by atoms with van der Waals surface area (Å²) < 4.78 is 49.6. The Hall–Kier alpha value is -2.94. The van der Waals surface area contributed by atoms with E-state index in [1.54, 1.807) is 12.1 Å². The number of carbonyl (C=O) groups excluding carboxylic acids is 2. The van der Waals surface area contributed by atoms with Gasteiger partial charge in [0.05, 0.1) is 17.9 Å². The Morgan fingerprint density at radius 2 is 1.81 bits per heavy atom. The third kappa shape index (κ3) is 4.82. The van der Waals surface area contributed by atoms with Gasteiger partial charge in [-0.05, 0) is 42.0 Å². The van der Waals surface area contributed by atoms with E-state index in [1.165, 1.54) is 12.1 Å². The molecule has 2 aromatic carbocycles. The van der Waals surface area contributed by atoms with Crippen molar-refractivity contribution in [3.63, 3.8) is 0 Å². The highest BCUT2D eigenvalue weighted by atomic mass is 32.2. The van der Waals surface area contributed by atoms with Gasteiger partial charge in [0.1, 0.15) is 5.82 Å². The summed E-state index contributed by atoms with van der Waals surface area (Å²) in [5.74, 6) is -1.65. The van der Waals surface area contributed by atoms with Gasteiger partial charge in [-0.25, -0.2) is 17.6 Å². The van der Waals surface area contributed by atoms with E-state index in [9.17, 15) is 22.4 Å². The standard InChI is InChI=1S/C18H16FNO6S/c19-13-3-7-15(8-4-13)27(23,24)20-14-5-1-12(2-6-14)11-17(21)26-16-9-10-25-18(16)22/h1-8,16,20H,9-11H2/t16-/m0/s1. The topological polar surface area (TPSA) is 98.8 Å². The Morgan fingerprint density at radius 3 is 2.41 bits per heavy atom. The maximum absolute atomic E-state index is 12.9. The van der Waals surface area contributed by atoms with E-state index in [0.717, 1.165) is 24.3 Å². The van der Waals surface area contributed by atoms with Gasteiger partial charge in [-0.1, -0.05) is 12.1 Å². The third-order valence-corrected chi connectivity index (χ3v) is 5.24. The van der Waals surface area contributed by atoms with Crippen LogP contribution in [0.15, 0.2) is 53.4 Å². The van der Waals surface area contributed by atoms with Crippen LogP contribution in [0.5, 0.6) is 0 Å². The number of nitrogens with one attached hydrogen (secondary N) is 1. The smallest absolute Gasteiger partial charge is 0.347 e. The van der Waals surface area contributed by atoms with Crippen LogP contribution >= 0.6 is 0 Å². The van der Waals surface area contributed by atoms with Crippen molar-refractivity contribution in [1.82, 2.24) is 0 Å². The van der Waals surface area contributed by atoms with Crippen molar-refractivity contribution in [1.29, 1.82) is 0 Å². The summed E-state index contributed by atoms with van der Waals surface area (Å²) in [6.45, 7) is 0.236. The molecule has 27 heavy (non-hydrogen) atoms. The van der Waals surface area contributed by atoms with Gasteiger partial charge < -0.3 is 9.47 Å². The van der Waals surface area contributed by atoms with Gasteiger partial charge in [-0.3, -0.25) is 9.52 Å². The van der Waals surface area contributed by atoms with E-state index in [2.05, 4.69) is 4.72 Å². The minimum absolute atomic E-state index is 0.0607. The molecule has 0 spiro atoms. The molecule has 1 fully saturated rings. The number of anilines is 1. The average molecular weight is 393 g/mol. The summed E-state index contributed by atoms with van der Waals surface area (Å²) in [5, 5.41) is 0. The molecule has 0 amide bonds. The van der Waals surface area contributed by atoms with Crippen LogP contribution in [0.4, 0.5) is 10.1 Å². The van der Waals surface area contributed by atoms with Crippen LogP contribution in [-0.4, -0.2) is 33.1 Å². The third-order valence-electron chi connectivity index (χ3n) is 3.84. The second-order valence-electron chi connectivity index (χ2n) is 5.87. The van der Waals surface area contributed by atoms with E-state index in [-0.39, 0.29) is 23.6 Å². The number of hydrogen-bond donors (Lipinski definition) is 1. The maximum Gasteiger partial charge on any atom is 0.347 e. The molecule has 0 saturated carbocycles. The van der Waals surface area contributed by atoms with Gasteiger partial charge in [-0.2, -0.15) is 0 Å². The predicted octanol–water partition coefficient (Wildman–Crippen LogP) is 2.03. The Bertz CT molecular complexity index is 941. The highest BCUT2D eigenvalue weighted by molar-refractivity contribution is 7.92. The largest absolute Gasteiger partial charge is 0.463 e. The van der Waals surface area contributed by atoms with E-state index < -0.39 is 33.9 Å². The summed E-state index contributed by atoms with van der Waals surface area (Å²) in [7, 11) is -3.85. The number of rotatable bonds is 6. The number of ether oxygens (including phenoxy) is 2. The van der Waals surface area contributed by atoms with Gasteiger partial charge in [0.2, 0.25) is 6.10 Å². The molecule has 1 saturated heterocycles. The lowest BCUT2D eigenvalue weighted by Crippen LogP contribution is -2.23. The quantitative estimate of drug-likeness (QED) is 0.754. The number of carbonyl (C=O) groups is 2. The molecular weight excluding hydrogens is 377 g/mol. The molecule has 1 aliphatic heterocycles. The monoisotopic (exact) mass is 393 g/mol. The Balaban J connectivity index is 1.60. The van der Waals surface area contributed by atoms with Gasteiger partial charge in [-0.15, -0.1) is 0 Å². The summed E-state index contributed by atoms with van der Waals surface area (Å²) >= 11 is 0. The molecular formula is C18H16FNO6S. The summed E-state index contributed by atoms with van der Waals surface area (Å²) in [5.41, 5.74) is 0.881. The lowest BCUT2D eigenvalue weighted by Gasteiger charge is -2.10. The molecule has 0 unspecified atom stereocenters. The summed E-state index contributed by atoms with van der Waals surface area (Å²) in [4.78, 5) is 23.1. The summed E-state index contributed by atoms with van der Waals surface area (Å²) in [6, 6.07) is 10.6. The predicted molar refractivity (Wildman–Crippen MR) is 92.8 cm³/mol. The Labute approximate surface area is 155 Å². The van der Waals surface area contributed by atoms with Gasteiger partial charge in [0.15, 0.2) is 0 Å². The van der Waals surface area contributed by atoms with Crippen LogP contribution < -0.4 is 4.72 Å². The number of cyclic esters (lactones) is 1. The van der Waals surface area contributed by atoms with Crippen LogP contribution in [0.2, 0.25) is 0 Å². The van der Waals surface area contributed by atoms with E-state index in [4.69, 9.17) is 9.47 Å². The molecule has 0 aliphatic carbocycles. The average Bonchev–Trinajstić information content (AvgIpc) is 3.01. The zero-order valence-corrected chi connectivity index (χ0v) is 14.9. The zero-order valence-electron chi connectivity index (χ0n) is 14.1. The highest BCUT2D eigenvalue weighted by Gasteiger charge is 2.30. The molecule has 9 heteroatoms. The molecule has 2 aromatic rings. The van der Waals surface area contributed by atoms with Crippen molar-refractivity contribution in [3.05, 3.63) is 59.9 Å². The number of benzene rings is 2. The fraction of sp³-hybridized carbons (Fsp3) is 0.222. The maximum atomic E-state index is 12.9. The minimum atomic E-state index is -3.85. The summed E-state index contributed by atoms with van der Waals surface area (Å²) in [6.07, 6.45) is -0.581.